The van der Waals surface area contributed by atoms with Crippen molar-refractivity contribution in [2.24, 2.45) is 5.10 Å². The van der Waals surface area contributed by atoms with E-state index in [1.165, 1.54) is 0 Å². The van der Waals surface area contributed by atoms with Gasteiger partial charge >= 0.3 is 0 Å². The molecule has 0 fully saturated rings. The van der Waals surface area contributed by atoms with Gasteiger partial charge in [-0.1, -0.05) is 59.6 Å². The minimum atomic E-state index is -0.157. The number of benzene rings is 3. The van der Waals surface area contributed by atoms with Crippen LogP contribution in [0, 0.1) is 0 Å². The summed E-state index contributed by atoms with van der Waals surface area (Å²) in [6, 6.07) is 18.7. The molecular weight excluding hydrogens is 515 g/mol. The second-order valence-corrected chi connectivity index (χ2v) is 8.54. The molecule has 0 aliphatic rings. The van der Waals surface area contributed by atoms with Crippen molar-refractivity contribution in [2.45, 2.75) is 19.4 Å². The number of halogens is 3. The monoisotopic (exact) mass is 534 g/mol. The Kier molecular flexibility index (Phi) is 8.97. The lowest BCUT2D eigenvalue weighted by Gasteiger charge is -2.14. The third kappa shape index (κ3) is 6.99. The second kappa shape index (κ2) is 11.9. The first-order valence-electron chi connectivity index (χ1n) is 9.76. The van der Waals surface area contributed by atoms with Gasteiger partial charge in [-0.15, -0.1) is 0 Å². The highest BCUT2D eigenvalue weighted by molar-refractivity contribution is 9.10. The van der Waals surface area contributed by atoms with E-state index in [0.29, 0.717) is 38.9 Å². The molecule has 0 saturated carbocycles. The van der Waals surface area contributed by atoms with Crippen LogP contribution in [0.3, 0.4) is 0 Å². The van der Waals surface area contributed by atoms with Crippen LogP contribution in [-0.2, 0) is 17.8 Å². The summed E-state index contributed by atoms with van der Waals surface area (Å²) in [7, 11) is 1.55. The van der Waals surface area contributed by atoms with Crippen molar-refractivity contribution >= 4 is 51.3 Å². The minimum absolute atomic E-state index is 0.157. The number of aryl methyl sites for hydroxylation is 1. The summed E-state index contributed by atoms with van der Waals surface area (Å²) >= 11 is 15.7. The van der Waals surface area contributed by atoms with Crippen molar-refractivity contribution in [3.05, 3.63) is 91.9 Å². The van der Waals surface area contributed by atoms with Crippen LogP contribution < -0.4 is 14.9 Å². The maximum Gasteiger partial charge on any atom is 0.240 e. The molecule has 3 rings (SSSR count). The highest BCUT2D eigenvalue weighted by atomic mass is 79.9. The van der Waals surface area contributed by atoms with Gasteiger partial charge in [-0.3, -0.25) is 4.79 Å². The van der Waals surface area contributed by atoms with Crippen LogP contribution >= 0.6 is 39.1 Å². The fourth-order valence-corrected chi connectivity index (χ4v) is 3.92. The molecule has 0 aliphatic carbocycles. The van der Waals surface area contributed by atoms with Gasteiger partial charge in [0.1, 0.15) is 6.61 Å². The Hall–Kier alpha value is -2.54. The van der Waals surface area contributed by atoms with E-state index in [9.17, 15) is 4.79 Å². The molecule has 166 valence electrons. The zero-order chi connectivity index (χ0) is 22.9. The first kappa shape index (κ1) is 24.1. The normalized spacial score (nSPS) is 10.9. The molecule has 0 atom stereocenters. The third-order valence-corrected chi connectivity index (χ3v) is 5.70. The number of nitrogens with one attached hydrogen (secondary N) is 1. The number of methoxy groups -OCH3 is 1. The predicted molar refractivity (Wildman–Crippen MR) is 132 cm³/mol. The van der Waals surface area contributed by atoms with Crippen LogP contribution in [0.15, 0.2) is 70.2 Å². The Balaban J connectivity index is 1.60. The average Bonchev–Trinajstić information content (AvgIpc) is 2.78. The van der Waals surface area contributed by atoms with E-state index in [1.807, 2.05) is 42.5 Å². The molecule has 5 nitrogen and oxygen atoms in total. The summed E-state index contributed by atoms with van der Waals surface area (Å²) in [5.41, 5.74) is 5.19. The van der Waals surface area contributed by atoms with Crippen molar-refractivity contribution < 1.29 is 14.3 Å². The molecule has 3 aromatic rings. The number of carbonyl (C=O) groups is 1. The van der Waals surface area contributed by atoms with Crippen LogP contribution in [0.1, 0.15) is 23.1 Å². The standard InChI is InChI=1S/C24H21BrCl2N2O3/c1-31-22-12-17(14-28-29-23(30)10-7-16-5-3-2-4-6-16)11-20(25)24(22)32-15-18-8-9-19(26)13-21(18)27/h2-6,8-9,11-14H,7,10,15H2,1H3,(H,29,30)/b28-14-. The molecule has 0 aliphatic heterocycles. The number of nitrogens with zero attached hydrogens (tertiary/aromatic N) is 1. The second-order valence-electron chi connectivity index (χ2n) is 6.84. The van der Waals surface area contributed by atoms with Crippen LogP contribution in [0.5, 0.6) is 11.5 Å². The van der Waals surface area contributed by atoms with Crippen molar-refractivity contribution in [1.29, 1.82) is 0 Å². The quantitative estimate of drug-likeness (QED) is 0.254. The Morgan fingerprint density at radius 1 is 1.12 bits per heavy atom. The van der Waals surface area contributed by atoms with Crippen molar-refractivity contribution in [3.8, 4) is 11.5 Å². The first-order valence-corrected chi connectivity index (χ1v) is 11.3. The smallest absolute Gasteiger partial charge is 0.240 e. The van der Waals surface area contributed by atoms with Crippen LogP contribution in [0.4, 0.5) is 0 Å². The van der Waals surface area contributed by atoms with E-state index in [0.717, 1.165) is 16.7 Å². The third-order valence-electron chi connectivity index (χ3n) is 4.53. The van der Waals surface area contributed by atoms with Crippen molar-refractivity contribution in [2.75, 3.05) is 7.11 Å². The van der Waals surface area contributed by atoms with Gasteiger partial charge in [0.15, 0.2) is 11.5 Å². The molecular formula is C24H21BrCl2N2O3. The van der Waals surface area contributed by atoms with Crippen LogP contribution in [-0.4, -0.2) is 19.2 Å². The molecule has 0 bridgehead atoms. The molecule has 0 aromatic heterocycles. The number of hydrogen-bond acceptors (Lipinski definition) is 4. The first-order chi connectivity index (χ1) is 15.5. The number of carbonyl (C=O) groups excluding carboxylic acids is 1. The summed E-state index contributed by atoms with van der Waals surface area (Å²) in [6.45, 7) is 0.246. The lowest BCUT2D eigenvalue weighted by Crippen LogP contribution is -2.17. The number of ether oxygens (including phenoxy) is 2. The minimum Gasteiger partial charge on any atom is -0.493 e. The number of amides is 1. The van der Waals surface area contributed by atoms with Crippen molar-refractivity contribution in [3.63, 3.8) is 0 Å². The predicted octanol–water partition coefficient (Wildman–Crippen LogP) is 6.43. The highest BCUT2D eigenvalue weighted by Gasteiger charge is 2.13. The van der Waals surface area contributed by atoms with Gasteiger partial charge in [0.2, 0.25) is 5.91 Å². The molecule has 1 N–H and O–H groups in total. The summed E-state index contributed by atoms with van der Waals surface area (Å²) < 4.78 is 12.1. The van der Waals surface area contributed by atoms with Gasteiger partial charge in [0, 0.05) is 22.0 Å². The van der Waals surface area contributed by atoms with Crippen molar-refractivity contribution in [1.82, 2.24) is 5.43 Å². The van der Waals surface area contributed by atoms with E-state index >= 15 is 0 Å². The van der Waals surface area contributed by atoms with E-state index < -0.39 is 0 Å². The number of hydrogen-bond donors (Lipinski definition) is 1. The Morgan fingerprint density at radius 2 is 1.91 bits per heavy atom. The van der Waals surface area contributed by atoms with Gasteiger partial charge in [0.05, 0.1) is 17.8 Å². The van der Waals surface area contributed by atoms with Gasteiger partial charge in [-0.2, -0.15) is 5.10 Å². The maximum atomic E-state index is 12.0. The molecule has 0 heterocycles. The van der Waals surface area contributed by atoms with Gasteiger partial charge in [0.25, 0.3) is 0 Å². The Bertz CT molecular complexity index is 1110. The molecule has 0 spiro atoms. The topological polar surface area (TPSA) is 59.9 Å². The van der Waals surface area contributed by atoms with E-state index in [2.05, 4.69) is 26.5 Å². The SMILES string of the molecule is COc1cc(/C=N\NC(=O)CCc2ccccc2)cc(Br)c1OCc1ccc(Cl)cc1Cl. The largest absolute Gasteiger partial charge is 0.493 e. The molecule has 3 aromatic carbocycles. The zero-order valence-electron chi connectivity index (χ0n) is 17.3. The number of rotatable bonds is 9. The van der Waals surface area contributed by atoms with Crippen LogP contribution in [0.2, 0.25) is 10.0 Å². The van der Waals surface area contributed by atoms with E-state index in [1.54, 1.807) is 31.5 Å². The molecule has 1 amide bonds. The lowest BCUT2D eigenvalue weighted by atomic mass is 10.1. The van der Waals surface area contributed by atoms with Gasteiger partial charge in [-0.25, -0.2) is 5.43 Å². The molecule has 0 unspecified atom stereocenters. The molecule has 0 radical (unpaired) electrons. The summed E-state index contributed by atoms with van der Waals surface area (Å²) in [5.74, 6) is 0.889. The fraction of sp³-hybridized carbons (Fsp3) is 0.167. The Labute approximate surface area is 205 Å². The van der Waals surface area contributed by atoms with Gasteiger partial charge in [-0.05, 0) is 57.7 Å². The van der Waals surface area contributed by atoms with E-state index in [-0.39, 0.29) is 12.5 Å². The number of hydrazone groups is 1. The van der Waals surface area contributed by atoms with Crippen LogP contribution in [0.25, 0.3) is 0 Å². The van der Waals surface area contributed by atoms with Gasteiger partial charge < -0.3 is 9.47 Å². The molecule has 8 heteroatoms. The summed E-state index contributed by atoms with van der Waals surface area (Å²) in [6.07, 6.45) is 2.56. The molecule has 0 saturated heterocycles. The summed E-state index contributed by atoms with van der Waals surface area (Å²) in [4.78, 5) is 12.0. The fourth-order valence-electron chi connectivity index (χ4n) is 2.88. The Morgan fingerprint density at radius 3 is 2.62 bits per heavy atom. The lowest BCUT2D eigenvalue weighted by molar-refractivity contribution is -0.121. The molecule has 32 heavy (non-hydrogen) atoms. The maximum absolute atomic E-state index is 12.0. The highest BCUT2D eigenvalue weighted by Crippen LogP contribution is 2.37. The average molecular weight is 536 g/mol. The zero-order valence-corrected chi connectivity index (χ0v) is 20.4. The van der Waals surface area contributed by atoms with E-state index in [4.69, 9.17) is 32.7 Å². The summed E-state index contributed by atoms with van der Waals surface area (Å²) in [5, 5.41) is 5.13.